The van der Waals surface area contributed by atoms with E-state index in [9.17, 15) is 21.6 Å². The third kappa shape index (κ3) is 2.99. The van der Waals surface area contributed by atoms with Crippen LogP contribution in [0.1, 0.15) is 26.5 Å². The van der Waals surface area contributed by atoms with Crippen LogP contribution in [0.5, 0.6) is 0 Å². The SMILES string of the molecule is CC[C@H]1O[C@@H](n2cnc3c(N)ncnc32)[C@H](OS(=O)(=O)C(F)(F)F)[C@@H]1C. The van der Waals surface area contributed by atoms with E-state index in [4.69, 9.17) is 10.5 Å². The number of nitrogens with zero attached hydrogens (tertiary/aromatic N) is 4. The van der Waals surface area contributed by atoms with E-state index in [1.807, 2.05) is 0 Å². The predicted molar refractivity (Wildman–Crippen MR) is 82.9 cm³/mol. The van der Waals surface area contributed by atoms with Crippen molar-refractivity contribution in [3.8, 4) is 0 Å². The van der Waals surface area contributed by atoms with E-state index < -0.39 is 40.0 Å². The first-order valence-electron chi connectivity index (χ1n) is 7.64. The lowest BCUT2D eigenvalue weighted by molar-refractivity contribution is -0.0673. The van der Waals surface area contributed by atoms with Crippen LogP contribution in [-0.2, 0) is 19.0 Å². The van der Waals surface area contributed by atoms with E-state index in [0.717, 1.165) is 6.33 Å². The number of hydrogen-bond acceptors (Lipinski definition) is 8. The molecule has 3 heterocycles. The Morgan fingerprint density at radius 3 is 2.65 bits per heavy atom. The molecule has 3 rings (SSSR count). The fourth-order valence-electron chi connectivity index (χ4n) is 2.94. The molecule has 26 heavy (non-hydrogen) atoms. The molecule has 0 aliphatic carbocycles. The van der Waals surface area contributed by atoms with Crippen LogP contribution in [0.4, 0.5) is 19.0 Å². The lowest BCUT2D eigenvalue weighted by Crippen LogP contribution is -2.35. The molecule has 0 aromatic carbocycles. The Labute approximate surface area is 146 Å². The van der Waals surface area contributed by atoms with Gasteiger partial charge in [0, 0.05) is 5.92 Å². The first-order chi connectivity index (χ1) is 12.1. The fraction of sp³-hybridized carbons (Fsp3) is 0.615. The number of nitrogens with two attached hydrogens (primary N) is 1. The van der Waals surface area contributed by atoms with Gasteiger partial charge in [-0.1, -0.05) is 13.8 Å². The number of imidazole rings is 1. The van der Waals surface area contributed by atoms with Crippen molar-refractivity contribution in [2.24, 2.45) is 5.92 Å². The highest BCUT2D eigenvalue weighted by molar-refractivity contribution is 7.87. The molecule has 1 aliphatic heterocycles. The van der Waals surface area contributed by atoms with Crippen LogP contribution in [0.15, 0.2) is 12.7 Å². The molecular formula is C13H16F3N5O4S. The van der Waals surface area contributed by atoms with Crippen molar-refractivity contribution in [1.82, 2.24) is 19.5 Å². The van der Waals surface area contributed by atoms with Crippen LogP contribution in [0, 0.1) is 5.92 Å². The van der Waals surface area contributed by atoms with Crippen molar-refractivity contribution in [2.45, 2.75) is 44.2 Å². The van der Waals surface area contributed by atoms with Crippen LogP contribution in [0.3, 0.4) is 0 Å². The summed E-state index contributed by atoms with van der Waals surface area (Å²) in [5, 5.41) is 0. The Morgan fingerprint density at radius 1 is 1.35 bits per heavy atom. The number of aromatic nitrogens is 4. The number of anilines is 1. The highest BCUT2D eigenvalue weighted by atomic mass is 32.2. The van der Waals surface area contributed by atoms with Crippen molar-refractivity contribution >= 4 is 27.1 Å². The minimum atomic E-state index is -5.80. The summed E-state index contributed by atoms with van der Waals surface area (Å²) < 4.78 is 72.9. The van der Waals surface area contributed by atoms with Gasteiger partial charge in [0.1, 0.15) is 17.9 Å². The van der Waals surface area contributed by atoms with Crippen molar-refractivity contribution in [1.29, 1.82) is 0 Å². The third-order valence-electron chi connectivity index (χ3n) is 4.28. The summed E-state index contributed by atoms with van der Waals surface area (Å²) in [7, 11) is -5.80. The minimum Gasteiger partial charge on any atom is -0.382 e. The van der Waals surface area contributed by atoms with E-state index in [1.165, 1.54) is 10.9 Å². The molecule has 1 aliphatic rings. The van der Waals surface area contributed by atoms with Gasteiger partial charge in [-0.25, -0.2) is 15.0 Å². The van der Waals surface area contributed by atoms with Gasteiger partial charge in [0.2, 0.25) is 0 Å². The normalized spacial score (nSPS) is 27.3. The first-order valence-corrected chi connectivity index (χ1v) is 9.05. The molecule has 0 amide bonds. The maximum Gasteiger partial charge on any atom is 0.523 e. The Hall–Kier alpha value is -1.99. The Balaban J connectivity index is 2.04. The van der Waals surface area contributed by atoms with Crippen molar-refractivity contribution in [3.05, 3.63) is 12.7 Å². The molecule has 2 aromatic rings. The van der Waals surface area contributed by atoms with Gasteiger partial charge in [-0.3, -0.25) is 8.75 Å². The molecule has 13 heteroatoms. The maximum atomic E-state index is 12.8. The zero-order valence-corrected chi connectivity index (χ0v) is 14.5. The number of rotatable bonds is 4. The number of halogens is 3. The summed E-state index contributed by atoms with van der Waals surface area (Å²) in [5.74, 6) is -0.550. The molecule has 9 nitrogen and oxygen atoms in total. The molecule has 144 valence electrons. The molecule has 1 fully saturated rings. The van der Waals surface area contributed by atoms with Gasteiger partial charge in [-0.15, -0.1) is 0 Å². The molecule has 0 bridgehead atoms. The summed E-state index contributed by atoms with van der Waals surface area (Å²) in [4.78, 5) is 11.8. The van der Waals surface area contributed by atoms with Gasteiger partial charge in [-0.2, -0.15) is 21.6 Å². The van der Waals surface area contributed by atoms with Crippen LogP contribution >= 0.6 is 0 Å². The van der Waals surface area contributed by atoms with Gasteiger partial charge in [0.15, 0.2) is 17.7 Å². The lowest BCUT2D eigenvalue weighted by Gasteiger charge is -2.22. The topological polar surface area (TPSA) is 122 Å². The summed E-state index contributed by atoms with van der Waals surface area (Å²) in [6.45, 7) is 3.33. The zero-order chi connectivity index (χ0) is 19.3. The van der Waals surface area contributed by atoms with Gasteiger partial charge in [-0.05, 0) is 6.42 Å². The van der Waals surface area contributed by atoms with Crippen molar-refractivity contribution in [2.75, 3.05) is 5.73 Å². The first kappa shape index (κ1) is 18.8. The quantitative estimate of drug-likeness (QED) is 0.612. The summed E-state index contributed by atoms with van der Waals surface area (Å²) in [6, 6.07) is 0. The molecule has 2 aromatic heterocycles. The number of nitrogen functional groups attached to an aromatic ring is 1. The Morgan fingerprint density at radius 2 is 2.04 bits per heavy atom. The average Bonchev–Trinajstić information content (AvgIpc) is 3.09. The molecule has 0 unspecified atom stereocenters. The third-order valence-corrected chi connectivity index (χ3v) is 5.33. The van der Waals surface area contributed by atoms with E-state index in [-0.39, 0.29) is 17.0 Å². The Kier molecular flexibility index (Phi) is 4.56. The standard InChI is InChI=1S/C13H16F3N5O4S/c1-3-7-6(2)9(25-26(22,23)13(14,15)16)12(24-7)21-5-20-8-10(17)18-4-19-11(8)21/h4-7,9,12H,3H2,1-2H3,(H2,17,18,19)/t6-,7-,9-,12-/m1/s1. The molecule has 2 N–H and O–H groups in total. The number of hydrogen-bond donors (Lipinski definition) is 1. The van der Waals surface area contributed by atoms with Crippen LogP contribution in [0.2, 0.25) is 0 Å². The summed E-state index contributed by atoms with van der Waals surface area (Å²) in [5.41, 5.74) is 0.584. The highest BCUT2D eigenvalue weighted by Gasteiger charge is 2.53. The molecule has 4 atom stereocenters. The average molecular weight is 395 g/mol. The summed E-state index contributed by atoms with van der Waals surface area (Å²) in [6.07, 6.45) is -0.236. The van der Waals surface area contributed by atoms with Crippen molar-refractivity contribution in [3.63, 3.8) is 0 Å². The number of fused-ring (bicyclic) bond motifs is 1. The smallest absolute Gasteiger partial charge is 0.382 e. The van der Waals surface area contributed by atoms with Gasteiger partial charge < -0.3 is 10.5 Å². The van der Waals surface area contributed by atoms with E-state index >= 15 is 0 Å². The van der Waals surface area contributed by atoms with Gasteiger partial charge in [0.05, 0.1) is 12.4 Å². The number of alkyl halides is 3. The zero-order valence-electron chi connectivity index (χ0n) is 13.7. The molecule has 0 saturated carbocycles. The van der Waals surface area contributed by atoms with Crippen LogP contribution < -0.4 is 5.73 Å². The number of ether oxygens (including phenoxy) is 1. The fourth-order valence-corrected chi connectivity index (χ4v) is 3.61. The highest BCUT2D eigenvalue weighted by Crippen LogP contribution is 2.41. The lowest BCUT2D eigenvalue weighted by atomic mass is 9.99. The molecule has 0 spiro atoms. The second-order valence-electron chi connectivity index (χ2n) is 5.88. The van der Waals surface area contributed by atoms with E-state index in [1.54, 1.807) is 13.8 Å². The predicted octanol–water partition coefficient (Wildman–Crippen LogP) is 1.59. The van der Waals surface area contributed by atoms with Crippen LogP contribution in [-0.4, -0.2) is 45.7 Å². The second kappa shape index (κ2) is 6.32. The molecule has 0 radical (unpaired) electrons. The largest absolute Gasteiger partial charge is 0.523 e. The maximum absolute atomic E-state index is 12.8. The monoisotopic (exact) mass is 395 g/mol. The van der Waals surface area contributed by atoms with Gasteiger partial charge in [0.25, 0.3) is 0 Å². The summed E-state index contributed by atoms with van der Waals surface area (Å²) >= 11 is 0. The minimum absolute atomic E-state index is 0.0761. The molecule has 1 saturated heterocycles. The van der Waals surface area contributed by atoms with Crippen molar-refractivity contribution < 1.29 is 30.5 Å². The second-order valence-corrected chi connectivity index (χ2v) is 7.44. The molecular weight excluding hydrogens is 379 g/mol. The Bertz CT molecular complexity index is 916. The van der Waals surface area contributed by atoms with E-state index in [2.05, 4.69) is 19.1 Å². The van der Waals surface area contributed by atoms with E-state index in [0.29, 0.717) is 6.42 Å². The van der Waals surface area contributed by atoms with Crippen LogP contribution in [0.25, 0.3) is 11.2 Å². The van der Waals surface area contributed by atoms with Gasteiger partial charge >= 0.3 is 15.6 Å².